The molecular weight excluding hydrogens is 254 g/mol. The molecule has 1 saturated carbocycles. The molecule has 108 valence electrons. The molecule has 1 fully saturated rings. The molecular formula is C16H21NO3. The number of methoxy groups -OCH3 is 1. The molecule has 1 aromatic carbocycles. The molecule has 4 heteroatoms. The van der Waals surface area contributed by atoms with Crippen LogP contribution in [0.1, 0.15) is 43.2 Å². The quantitative estimate of drug-likeness (QED) is 0.902. The molecule has 0 radical (unpaired) electrons. The lowest BCUT2D eigenvalue weighted by atomic mass is 9.70. The Morgan fingerprint density at radius 1 is 1.35 bits per heavy atom. The van der Waals surface area contributed by atoms with E-state index in [1.807, 2.05) is 12.1 Å². The van der Waals surface area contributed by atoms with Crippen molar-refractivity contribution in [2.24, 2.45) is 0 Å². The van der Waals surface area contributed by atoms with E-state index in [0.717, 1.165) is 17.9 Å². The number of hydrogen-bond donors (Lipinski definition) is 1. The van der Waals surface area contributed by atoms with E-state index in [9.17, 15) is 4.79 Å². The van der Waals surface area contributed by atoms with E-state index in [4.69, 9.17) is 4.74 Å². The molecule has 0 unspecified atom stereocenters. The molecule has 1 N–H and O–H groups in total. The van der Waals surface area contributed by atoms with Crippen molar-refractivity contribution in [1.29, 1.82) is 0 Å². The van der Waals surface area contributed by atoms with Gasteiger partial charge in [0, 0.05) is 17.5 Å². The van der Waals surface area contributed by atoms with Crippen molar-refractivity contribution in [2.75, 3.05) is 13.7 Å². The van der Waals surface area contributed by atoms with Gasteiger partial charge in [-0.2, -0.15) is 0 Å². The van der Waals surface area contributed by atoms with Crippen molar-refractivity contribution in [3.63, 3.8) is 0 Å². The van der Waals surface area contributed by atoms with E-state index in [-0.39, 0.29) is 5.41 Å². The molecule has 20 heavy (non-hydrogen) atoms. The zero-order valence-electron chi connectivity index (χ0n) is 11.9. The van der Waals surface area contributed by atoms with Crippen molar-refractivity contribution in [2.45, 2.75) is 44.1 Å². The number of nitrogens with one attached hydrogen (secondary N) is 1. The second kappa shape index (κ2) is 5.35. The van der Waals surface area contributed by atoms with Gasteiger partial charge in [0.1, 0.15) is 5.75 Å². The van der Waals surface area contributed by atoms with Crippen molar-refractivity contribution in [3.05, 3.63) is 29.3 Å². The Hall–Kier alpha value is -1.71. The van der Waals surface area contributed by atoms with Gasteiger partial charge < -0.3 is 14.8 Å². The highest BCUT2D eigenvalue weighted by Crippen LogP contribution is 2.48. The summed E-state index contributed by atoms with van der Waals surface area (Å²) in [4.78, 5) is 11.2. The second-order valence-corrected chi connectivity index (χ2v) is 5.81. The number of fused-ring (bicyclic) bond motifs is 2. The predicted octanol–water partition coefficient (Wildman–Crippen LogP) is 3.14. The Balaban J connectivity index is 1.80. The lowest BCUT2D eigenvalue weighted by molar-refractivity contribution is 0.170. The lowest BCUT2D eigenvalue weighted by Gasteiger charge is -2.32. The lowest BCUT2D eigenvalue weighted by Crippen LogP contribution is -2.30. The molecule has 0 aromatic heterocycles. The standard InChI is InChI=1S/C16H21NO3/c1-19-15(18)17-10-12-5-6-14-13(9-12)16(11-20-14)7-3-2-4-8-16/h5-6,9H,2-4,7-8,10-11H2,1H3,(H,17,18). The van der Waals surface area contributed by atoms with Gasteiger partial charge in [0.25, 0.3) is 0 Å². The third-order valence-electron chi connectivity index (χ3n) is 4.55. The molecule has 2 aliphatic rings. The first-order valence-electron chi connectivity index (χ1n) is 7.32. The van der Waals surface area contributed by atoms with Crippen LogP contribution in [0.25, 0.3) is 0 Å². The molecule has 1 spiro atoms. The topological polar surface area (TPSA) is 47.6 Å². The fraction of sp³-hybridized carbons (Fsp3) is 0.562. The highest BCUT2D eigenvalue weighted by molar-refractivity contribution is 5.67. The van der Waals surface area contributed by atoms with Crippen LogP contribution in [-0.4, -0.2) is 19.8 Å². The molecule has 1 aromatic rings. The molecule has 1 aliphatic carbocycles. The monoisotopic (exact) mass is 275 g/mol. The van der Waals surface area contributed by atoms with Gasteiger partial charge in [0.2, 0.25) is 0 Å². The van der Waals surface area contributed by atoms with E-state index in [2.05, 4.69) is 16.1 Å². The van der Waals surface area contributed by atoms with Crippen molar-refractivity contribution in [3.8, 4) is 5.75 Å². The van der Waals surface area contributed by atoms with E-state index < -0.39 is 6.09 Å². The largest absolute Gasteiger partial charge is 0.492 e. The van der Waals surface area contributed by atoms with E-state index in [0.29, 0.717) is 6.54 Å². The van der Waals surface area contributed by atoms with Crippen LogP contribution in [0.5, 0.6) is 5.75 Å². The summed E-state index contributed by atoms with van der Waals surface area (Å²) in [5.74, 6) is 1.02. The smallest absolute Gasteiger partial charge is 0.407 e. The van der Waals surface area contributed by atoms with Gasteiger partial charge in [-0.25, -0.2) is 4.79 Å². The highest BCUT2D eigenvalue weighted by Gasteiger charge is 2.41. The number of alkyl carbamates (subject to hydrolysis) is 1. The van der Waals surface area contributed by atoms with Crippen LogP contribution in [-0.2, 0) is 16.7 Å². The summed E-state index contributed by atoms with van der Waals surface area (Å²) in [5, 5.41) is 2.73. The Bertz CT molecular complexity index is 501. The summed E-state index contributed by atoms with van der Waals surface area (Å²) < 4.78 is 10.5. The van der Waals surface area contributed by atoms with Crippen molar-refractivity contribution < 1.29 is 14.3 Å². The zero-order chi connectivity index (χ0) is 14.0. The minimum absolute atomic E-state index is 0.217. The number of ether oxygens (including phenoxy) is 2. The molecule has 0 saturated heterocycles. The van der Waals surface area contributed by atoms with Crippen molar-refractivity contribution in [1.82, 2.24) is 5.32 Å². The number of rotatable bonds is 2. The molecule has 1 amide bonds. The van der Waals surface area contributed by atoms with Gasteiger partial charge in [-0.15, -0.1) is 0 Å². The summed E-state index contributed by atoms with van der Waals surface area (Å²) >= 11 is 0. The first-order chi connectivity index (χ1) is 9.73. The molecule has 4 nitrogen and oxygen atoms in total. The van der Waals surface area contributed by atoms with Gasteiger partial charge in [-0.1, -0.05) is 25.3 Å². The van der Waals surface area contributed by atoms with Gasteiger partial charge in [-0.3, -0.25) is 0 Å². The molecule has 3 rings (SSSR count). The highest BCUT2D eigenvalue weighted by atomic mass is 16.5. The SMILES string of the molecule is COC(=O)NCc1ccc2c(c1)C1(CCCCC1)CO2. The number of carbonyl (C=O) groups excluding carboxylic acids is 1. The van der Waals surface area contributed by atoms with E-state index in [1.54, 1.807) is 0 Å². The molecule has 0 bridgehead atoms. The maximum absolute atomic E-state index is 11.2. The van der Waals surface area contributed by atoms with Crippen molar-refractivity contribution >= 4 is 6.09 Å². The van der Waals surface area contributed by atoms with Crippen LogP contribution >= 0.6 is 0 Å². The Morgan fingerprint density at radius 3 is 2.90 bits per heavy atom. The van der Waals surface area contributed by atoms with Crippen LogP contribution in [0.3, 0.4) is 0 Å². The fourth-order valence-electron chi connectivity index (χ4n) is 3.41. The maximum atomic E-state index is 11.2. The first kappa shape index (κ1) is 13.3. The van der Waals surface area contributed by atoms with Crippen LogP contribution in [0, 0.1) is 0 Å². The third kappa shape index (κ3) is 2.35. The Labute approximate surface area is 119 Å². The second-order valence-electron chi connectivity index (χ2n) is 5.81. The number of carbonyl (C=O) groups is 1. The van der Waals surface area contributed by atoms with Gasteiger partial charge in [0.15, 0.2) is 0 Å². The van der Waals surface area contributed by atoms with Gasteiger partial charge in [0.05, 0.1) is 13.7 Å². The normalized spacial score (nSPS) is 19.2. The van der Waals surface area contributed by atoms with Gasteiger partial charge >= 0.3 is 6.09 Å². The van der Waals surface area contributed by atoms with Crippen LogP contribution in [0.15, 0.2) is 18.2 Å². The number of hydrogen-bond acceptors (Lipinski definition) is 3. The zero-order valence-corrected chi connectivity index (χ0v) is 11.9. The summed E-state index contributed by atoms with van der Waals surface area (Å²) in [7, 11) is 1.38. The Morgan fingerprint density at radius 2 is 2.15 bits per heavy atom. The summed E-state index contributed by atoms with van der Waals surface area (Å²) in [6, 6.07) is 6.24. The number of amides is 1. The van der Waals surface area contributed by atoms with E-state index >= 15 is 0 Å². The summed E-state index contributed by atoms with van der Waals surface area (Å²) in [6.07, 6.45) is 5.94. The maximum Gasteiger partial charge on any atom is 0.407 e. The molecule has 0 atom stereocenters. The van der Waals surface area contributed by atoms with Crippen LogP contribution in [0.2, 0.25) is 0 Å². The summed E-state index contributed by atoms with van der Waals surface area (Å²) in [5.41, 5.74) is 2.65. The van der Waals surface area contributed by atoms with Crippen LogP contribution < -0.4 is 10.1 Å². The van der Waals surface area contributed by atoms with Crippen LogP contribution in [0.4, 0.5) is 4.79 Å². The average Bonchev–Trinajstić information content (AvgIpc) is 2.84. The molecule has 1 heterocycles. The minimum Gasteiger partial charge on any atom is -0.492 e. The first-order valence-corrected chi connectivity index (χ1v) is 7.32. The minimum atomic E-state index is -0.394. The van der Waals surface area contributed by atoms with Gasteiger partial charge in [-0.05, 0) is 30.5 Å². The molecule has 1 aliphatic heterocycles. The summed E-state index contributed by atoms with van der Waals surface area (Å²) in [6.45, 7) is 1.31. The average molecular weight is 275 g/mol. The van der Waals surface area contributed by atoms with E-state index in [1.165, 1.54) is 44.8 Å². The fourth-order valence-corrected chi connectivity index (χ4v) is 3.41. The number of benzene rings is 1. The Kier molecular flexibility index (Phi) is 3.55. The third-order valence-corrected chi connectivity index (χ3v) is 4.55. The predicted molar refractivity (Wildman–Crippen MR) is 75.9 cm³/mol.